The highest BCUT2D eigenvalue weighted by Gasteiger charge is 2.30. The molecule has 1 heterocycles. The summed E-state index contributed by atoms with van der Waals surface area (Å²) in [5.74, 6) is -1.67. The Balaban J connectivity index is 2.81. The molecule has 6 heteroatoms. The minimum Gasteiger partial charge on any atom is -0.480 e. The summed E-state index contributed by atoms with van der Waals surface area (Å²) < 4.78 is 4.70. The lowest BCUT2D eigenvalue weighted by Gasteiger charge is -2.19. The van der Waals surface area contributed by atoms with Crippen LogP contribution in [0.5, 0.6) is 0 Å². The fourth-order valence-corrected chi connectivity index (χ4v) is 0.903. The van der Waals surface area contributed by atoms with Crippen LogP contribution in [0.4, 0.5) is 0 Å². The SMILES string of the molecule is Cc1cnoc1C(=O)NC(C)(C)C(=O)O. The zero-order chi connectivity index (χ0) is 11.6. The standard InChI is InChI=1S/C9H12N2O4/c1-5-4-10-15-6(5)7(12)11-9(2,3)8(13)14/h4H,1-3H3,(H,11,12)(H,13,14). The van der Waals surface area contributed by atoms with E-state index in [4.69, 9.17) is 9.63 Å². The van der Waals surface area contributed by atoms with Gasteiger partial charge in [-0.25, -0.2) is 4.79 Å². The monoisotopic (exact) mass is 212 g/mol. The number of aliphatic carboxylic acids is 1. The number of nitrogens with one attached hydrogen (secondary N) is 1. The fraction of sp³-hybridized carbons (Fsp3) is 0.444. The van der Waals surface area contributed by atoms with E-state index in [2.05, 4.69) is 10.5 Å². The van der Waals surface area contributed by atoms with Crippen molar-refractivity contribution < 1.29 is 19.2 Å². The molecule has 0 unspecified atom stereocenters. The highest BCUT2D eigenvalue weighted by molar-refractivity contribution is 5.96. The Labute approximate surface area is 86.3 Å². The second-order valence-electron chi connectivity index (χ2n) is 3.72. The van der Waals surface area contributed by atoms with Gasteiger partial charge in [-0.1, -0.05) is 5.16 Å². The molecule has 82 valence electrons. The lowest BCUT2D eigenvalue weighted by Crippen LogP contribution is -2.49. The van der Waals surface area contributed by atoms with Crippen molar-refractivity contribution in [1.29, 1.82) is 0 Å². The van der Waals surface area contributed by atoms with E-state index in [0.29, 0.717) is 5.56 Å². The van der Waals surface area contributed by atoms with Crippen LogP contribution in [0.2, 0.25) is 0 Å². The van der Waals surface area contributed by atoms with Crippen LogP contribution in [0.25, 0.3) is 0 Å². The van der Waals surface area contributed by atoms with Gasteiger partial charge in [-0.15, -0.1) is 0 Å². The van der Waals surface area contributed by atoms with E-state index in [0.717, 1.165) is 0 Å². The quantitative estimate of drug-likeness (QED) is 0.764. The molecule has 2 N–H and O–H groups in total. The van der Waals surface area contributed by atoms with Crippen molar-refractivity contribution >= 4 is 11.9 Å². The van der Waals surface area contributed by atoms with E-state index in [1.165, 1.54) is 20.0 Å². The number of aromatic nitrogens is 1. The van der Waals surface area contributed by atoms with E-state index in [1.807, 2.05) is 0 Å². The maximum absolute atomic E-state index is 11.5. The summed E-state index contributed by atoms with van der Waals surface area (Å²) in [6.45, 7) is 4.43. The van der Waals surface area contributed by atoms with Gasteiger partial charge in [-0.3, -0.25) is 4.79 Å². The molecule has 0 aromatic carbocycles. The van der Waals surface area contributed by atoms with E-state index >= 15 is 0 Å². The van der Waals surface area contributed by atoms with Crippen LogP contribution in [0, 0.1) is 6.92 Å². The summed E-state index contributed by atoms with van der Waals surface area (Å²) in [6.07, 6.45) is 1.39. The van der Waals surface area contributed by atoms with E-state index in [9.17, 15) is 9.59 Å². The molecule has 0 radical (unpaired) electrons. The summed E-state index contributed by atoms with van der Waals surface area (Å²) in [5.41, 5.74) is -0.773. The number of carboxylic acid groups (broad SMARTS) is 1. The molecule has 0 bridgehead atoms. The normalized spacial score (nSPS) is 11.1. The zero-order valence-electron chi connectivity index (χ0n) is 8.70. The zero-order valence-corrected chi connectivity index (χ0v) is 8.70. The first-order chi connectivity index (χ1) is 6.84. The van der Waals surface area contributed by atoms with Crippen molar-refractivity contribution in [3.63, 3.8) is 0 Å². The molecule has 0 spiro atoms. The van der Waals surface area contributed by atoms with E-state index in [1.54, 1.807) is 6.92 Å². The second-order valence-corrected chi connectivity index (χ2v) is 3.72. The van der Waals surface area contributed by atoms with E-state index in [-0.39, 0.29) is 5.76 Å². The molecule has 1 amide bonds. The number of rotatable bonds is 3. The van der Waals surface area contributed by atoms with Gasteiger partial charge in [-0.05, 0) is 20.8 Å². The molecule has 0 saturated carbocycles. The lowest BCUT2D eigenvalue weighted by molar-refractivity contribution is -0.143. The van der Waals surface area contributed by atoms with Gasteiger partial charge >= 0.3 is 5.97 Å². The predicted octanol–water partition coefficient (Wildman–Crippen LogP) is 0.576. The Morgan fingerprint density at radius 1 is 1.53 bits per heavy atom. The smallest absolute Gasteiger partial charge is 0.328 e. The van der Waals surface area contributed by atoms with Crippen molar-refractivity contribution in [3.8, 4) is 0 Å². The van der Waals surface area contributed by atoms with Gasteiger partial charge in [0.1, 0.15) is 5.54 Å². The summed E-state index contributed by atoms with van der Waals surface area (Å²) in [7, 11) is 0. The number of amides is 1. The average molecular weight is 212 g/mol. The molecule has 15 heavy (non-hydrogen) atoms. The molecule has 0 aliphatic rings. The molecule has 0 fully saturated rings. The number of hydrogen-bond donors (Lipinski definition) is 2. The number of carboxylic acids is 1. The molecule has 6 nitrogen and oxygen atoms in total. The maximum atomic E-state index is 11.5. The Bertz CT molecular complexity index is 395. The molecule has 0 aliphatic heterocycles. The van der Waals surface area contributed by atoms with Crippen LogP contribution < -0.4 is 5.32 Å². The number of carbonyl (C=O) groups is 2. The van der Waals surface area contributed by atoms with Gasteiger partial charge in [0.25, 0.3) is 5.91 Å². The van der Waals surface area contributed by atoms with Crippen LogP contribution in [0.1, 0.15) is 30.0 Å². The molecule has 0 aliphatic carbocycles. The van der Waals surface area contributed by atoms with Crippen molar-refractivity contribution in [2.24, 2.45) is 0 Å². The van der Waals surface area contributed by atoms with Crippen LogP contribution in [-0.2, 0) is 4.79 Å². The minimum absolute atomic E-state index is 0.0318. The molecule has 0 atom stereocenters. The largest absolute Gasteiger partial charge is 0.480 e. The van der Waals surface area contributed by atoms with Gasteiger partial charge < -0.3 is 14.9 Å². The van der Waals surface area contributed by atoms with Crippen molar-refractivity contribution in [2.75, 3.05) is 0 Å². The van der Waals surface area contributed by atoms with Crippen molar-refractivity contribution in [1.82, 2.24) is 10.5 Å². The lowest BCUT2D eigenvalue weighted by atomic mass is 10.1. The number of aryl methyl sites for hydroxylation is 1. The van der Waals surface area contributed by atoms with Crippen LogP contribution in [0.3, 0.4) is 0 Å². The third-order valence-corrected chi connectivity index (χ3v) is 1.92. The molecular formula is C9H12N2O4. The van der Waals surface area contributed by atoms with Gasteiger partial charge in [-0.2, -0.15) is 0 Å². The third kappa shape index (κ3) is 2.34. The maximum Gasteiger partial charge on any atom is 0.328 e. The van der Waals surface area contributed by atoms with Gasteiger partial charge in [0.2, 0.25) is 5.76 Å². The van der Waals surface area contributed by atoms with Crippen LogP contribution in [0.15, 0.2) is 10.7 Å². The molecule has 1 rings (SSSR count). The minimum atomic E-state index is -1.34. The third-order valence-electron chi connectivity index (χ3n) is 1.92. The number of carbonyl (C=O) groups excluding carboxylic acids is 1. The molecule has 1 aromatic rings. The van der Waals surface area contributed by atoms with Crippen molar-refractivity contribution in [3.05, 3.63) is 17.5 Å². The topological polar surface area (TPSA) is 92.4 Å². The molecule has 1 aromatic heterocycles. The molecule has 0 saturated heterocycles. The van der Waals surface area contributed by atoms with Gasteiger partial charge in [0.15, 0.2) is 0 Å². The highest BCUT2D eigenvalue weighted by atomic mass is 16.5. The second kappa shape index (κ2) is 3.72. The van der Waals surface area contributed by atoms with Crippen LogP contribution >= 0.6 is 0 Å². The Hall–Kier alpha value is -1.85. The first-order valence-electron chi connectivity index (χ1n) is 4.32. The number of hydrogen-bond acceptors (Lipinski definition) is 4. The fourth-order valence-electron chi connectivity index (χ4n) is 0.903. The first-order valence-corrected chi connectivity index (χ1v) is 4.32. The van der Waals surface area contributed by atoms with E-state index < -0.39 is 17.4 Å². The molecular weight excluding hydrogens is 200 g/mol. The van der Waals surface area contributed by atoms with Crippen LogP contribution in [-0.4, -0.2) is 27.7 Å². The summed E-state index contributed by atoms with van der Waals surface area (Å²) >= 11 is 0. The van der Waals surface area contributed by atoms with Crippen molar-refractivity contribution in [2.45, 2.75) is 26.3 Å². The predicted molar refractivity (Wildman–Crippen MR) is 50.4 cm³/mol. The Kier molecular flexibility index (Phi) is 2.78. The summed E-state index contributed by atoms with van der Waals surface area (Å²) in [6, 6.07) is 0. The van der Waals surface area contributed by atoms with Gasteiger partial charge in [0, 0.05) is 5.56 Å². The highest BCUT2D eigenvalue weighted by Crippen LogP contribution is 2.09. The Morgan fingerprint density at radius 2 is 2.13 bits per heavy atom. The summed E-state index contributed by atoms with van der Waals surface area (Å²) in [5, 5.41) is 14.6. The average Bonchev–Trinajstić information content (AvgIpc) is 2.50. The van der Waals surface area contributed by atoms with Gasteiger partial charge in [0.05, 0.1) is 6.20 Å². The Morgan fingerprint density at radius 3 is 2.53 bits per heavy atom. The summed E-state index contributed by atoms with van der Waals surface area (Å²) in [4.78, 5) is 22.3. The first kappa shape index (κ1) is 11.2. The number of nitrogens with zero attached hydrogens (tertiary/aromatic N) is 1.